The molecule has 0 bridgehead atoms. The molecule has 0 unspecified atom stereocenters. The van der Waals surface area contributed by atoms with Gasteiger partial charge in [-0.15, -0.1) is 0 Å². The van der Waals surface area contributed by atoms with Gasteiger partial charge in [0.15, 0.2) is 0 Å². The molecule has 0 aliphatic carbocycles. The van der Waals surface area contributed by atoms with E-state index in [0.29, 0.717) is 5.56 Å². The van der Waals surface area contributed by atoms with Crippen LogP contribution in [0.15, 0.2) is 18.2 Å². The maximum atomic E-state index is 10.7. The van der Waals surface area contributed by atoms with E-state index in [1.807, 2.05) is 0 Å². The van der Waals surface area contributed by atoms with Crippen LogP contribution in [0, 0.1) is 11.8 Å². The van der Waals surface area contributed by atoms with Crippen LogP contribution < -0.4 is 0 Å². The summed E-state index contributed by atoms with van der Waals surface area (Å²) in [6, 6.07) is 4.22. The van der Waals surface area contributed by atoms with Crippen molar-refractivity contribution in [3.63, 3.8) is 0 Å². The lowest BCUT2D eigenvalue weighted by Gasteiger charge is -1.98. The first-order valence-electron chi connectivity index (χ1n) is 4.17. The van der Waals surface area contributed by atoms with Gasteiger partial charge in [-0.05, 0) is 18.2 Å². The van der Waals surface area contributed by atoms with Crippen molar-refractivity contribution in [3.05, 3.63) is 34.3 Å². The highest BCUT2D eigenvalue weighted by atomic mass is 35.5. The van der Waals surface area contributed by atoms with E-state index in [9.17, 15) is 9.59 Å². The number of halogens is 1. The van der Waals surface area contributed by atoms with Crippen LogP contribution in [-0.2, 0) is 9.53 Å². The lowest BCUT2D eigenvalue weighted by atomic mass is 10.1. The average molecular weight is 239 g/mol. The minimum Gasteiger partial charge on any atom is -0.478 e. The first-order chi connectivity index (χ1) is 7.54. The minimum atomic E-state index is -1.15. The van der Waals surface area contributed by atoms with Gasteiger partial charge in [-0.3, -0.25) is 0 Å². The number of ether oxygens (including phenoxy) is 1. The first kappa shape index (κ1) is 12.1. The van der Waals surface area contributed by atoms with Crippen LogP contribution in [0.4, 0.5) is 0 Å². The lowest BCUT2D eigenvalue weighted by Crippen LogP contribution is -1.98. The second kappa shape index (κ2) is 5.19. The van der Waals surface area contributed by atoms with Gasteiger partial charge >= 0.3 is 11.9 Å². The predicted octanol–water partition coefficient (Wildman–Crippen LogP) is 1.56. The number of carboxylic acid groups (broad SMARTS) is 1. The van der Waals surface area contributed by atoms with Crippen LogP contribution in [-0.4, -0.2) is 24.2 Å². The maximum absolute atomic E-state index is 10.7. The van der Waals surface area contributed by atoms with Gasteiger partial charge in [0.25, 0.3) is 0 Å². The third kappa shape index (κ3) is 3.01. The van der Waals surface area contributed by atoms with E-state index in [0.717, 1.165) is 0 Å². The summed E-state index contributed by atoms with van der Waals surface area (Å²) in [5, 5.41) is 8.91. The number of esters is 1. The number of hydrogen-bond donors (Lipinski definition) is 1. The fourth-order valence-corrected chi connectivity index (χ4v) is 1.14. The van der Waals surface area contributed by atoms with Gasteiger partial charge in [-0.25, -0.2) is 9.59 Å². The highest BCUT2D eigenvalue weighted by molar-refractivity contribution is 6.33. The van der Waals surface area contributed by atoms with Crippen molar-refractivity contribution in [2.75, 3.05) is 7.11 Å². The van der Waals surface area contributed by atoms with Gasteiger partial charge in [0.2, 0.25) is 0 Å². The minimum absolute atomic E-state index is 0.0571. The second-order valence-corrected chi connectivity index (χ2v) is 3.15. The molecule has 0 amide bonds. The van der Waals surface area contributed by atoms with Crippen molar-refractivity contribution >= 4 is 23.5 Å². The largest absolute Gasteiger partial charge is 0.478 e. The number of rotatable bonds is 1. The molecule has 1 aromatic carbocycles. The third-order valence-corrected chi connectivity index (χ3v) is 2.02. The van der Waals surface area contributed by atoms with Crippen molar-refractivity contribution in [2.24, 2.45) is 0 Å². The quantitative estimate of drug-likeness (QED) is 0.596. The normalized spacial score (nSPS) is 8.88. The molecule has 0 radical (unpaired) electrons. The number of carbonyl (C=O) groups is 2. The maximum Gasteiger partial charge on any atom is 0.384 e. The standard InChI is InChI=1S/C11H7ClO4/c1-16-10(13)5-3-7-2-4-9(12)8(6-7)11(14)15/h2,4,6H,1H3,(H,14,15). The van der Waals surface area contributed by atoms with Crippen molar-refractivity contribution in [1.29, 1.82) is 0 Å². The first-order valence-corrected chi connectivity index (χ1v) is 4.55. The van der Waals surface area contributed by atoms with Gasteiger partial charge in [-0.2, -0.15) is 0 Å². The van der Waals surface area contributed by atoms with E-state index in [2.05, 4.69) is 16.6 Å². The van der Waals surface area contributed by atoms with Crippen LogP contribution in [0.5, 0.6) is 0 Å². The molecule has 0 saturated heterocycles. The van der Waals surface area contributed by atoms with E-state index in [4.69, 9.17) is 16.7 Å². The second-order valence-electron chi connectivity index (χ2n) is 2.74. The molecular weight excluding hydrogens is 232 g/mol. The number of benzene rings is 1. The van der Waals surface area contributed by atoms with Gasteiger partial charge < -0.3 is 9.84 Å². The number of hydrogen-bond acceptors (Lipinski definition) is 3. The van der Waals surface area contributed by atoms with Gasteiger partial charge in [0, 0.05) is 11.5 Å². The summed E-state index contributed by atoms with van der Waals surface area (Å²) in [6.45, 7) is 0. The Labute approximate surface area is 96.8 Å². The molecule has 4 nitrogen and oxygen atoms in total. The zero-order valence-corrected chi connectivity index (χ0v) is 9.04. The Hall–Kier alpha value is -1.99. The van der Waals surface area contributed by atoms with Crippen LogP contribution in [0.3, 0.4) is 0 Å². The Kier molecular flexibility index (Phi) is 3.92. The summed E-state index contributed by atoms with van der Waals surface area (Å²) >= 11 is 5.66. The zero-order valence-electron chi connectivity index (χ0n) is 8.28. The van der Waals surface area contributed by atoms with Crippen molar-refractivity contribution in [2.45, 2.75) is 0 Å². The average Bonchev–Trinajstić information content (AvgIpc) is 2.27. The molecule has 0 atom stereocenters. The molecule has 0 fully saturated rings. The van der Waals surface area contributed by atoms with E-state index in [-0.39, 0.29) is 10.6 Å². The SMILES string of the molecule is COC(=O)C#Cc1ccc(Cl)c(C(=O)O)c1. The molecule has 1 N–H and O–H groups in total. The highest BCUT2D eigenvalue weighted by Gasteiger charge is 2.08. The molecule has 0 aliphatic rings. The van der Waals surface area contributed by atoms with E-state index < -0.39 is 11.9 Å². The number of aromatic carboxylic acids is 1. The molecular formula is C11H7ClO4. The Morgan fingerprint density at radius 3 is 2.69 bits per heavy atom. The van der Waals surface area contributed by atoms with Gasteiger partial charge in [-0.1, -0.05) is 17.5 Å². The van der Waals surface area contributed by atoms with Crippen LogP contribution in [0.2, 0.25) is 5.02 Å². The van der Waals surface area contributed by atoms with Crippen molar-refractivity contribution < 1.29 is 19.4 Å². The van der Waals surface area contributed by atoms with Crippen LogP contribution in [0.1, 0.15) is 15.9 Å². The lowest BCUT2D eigenvalue weighted by molar-refractivity contribution is -0.133. The topological polar surface area (TPSA) is 63.6 Å². The molecule has 0 aliphatic heterocycles. The Bertz CT molecular complexity index is 496. The Morgan fingerprint density at radius 2 is 2.12 bits per heavy atom. The van der Waals surface area contributed by atoms with E-state index in [1.165, 1.54) is 25.3 Å². The highest BCUT2D eigenvalue weighted by Crippen LogP contribution is 2.17. The molecule has 0 spiro atoms. The molecule has 0 aromatic heterocycles. The molecule has 0 saturated carbocycles. The number of methoxy groups -OCH3 is 1. The van der Waals surface area contributed by atoms with Crippen LogP contribution >= 0.6 is 11.6 Å². The Morgan fingerprint density at radius 1 is 1.44 bits per heavy atom. The number of carboxylic acids is 1. The summed E-state index contributed by atoms with van der Waals surface area (Å²) in [5.74, 6) is 2.82. The van der Waals surface area contributed by atoms with E-state index >= 15 is 0 Å². The summed E-state index contributed by atoms with van der Waals surface area (Å²) in [5.41, 5.74) is 0.325. The fraction of sp³-hybridized carbons (Fsp3) is 0.0909. The van der Waals surface area contributed by atoms with Gasteiger partial charge in [0.05, 0.1) is 17.7 Å². The monoisotopic (exact) mass is 238 g/mol. The molecule has 1 aromatic rings. The smallest absolute Gasteiger partial charge is 0.384 e. The molecule has 82 valence electrons. The summed E-state index contributed by atoms with van der Waals surface area (Å²) in [6.07, 6.45) is 0. The van der Waals surface area contributed by atoms with E-state index in [1.54, 1.807) is 0 Å². The molecule has 16 heavy (non-hydrogen) atoms. The fourth-order valence-electron chi connectivity index (χ4n) is 0.941. The van der Waals surface area contributed by atoms with Gasteiger partial charge in [0.1, 0.15) is 0 Å². The molecule has 0 heterocycles. The Balaban J connectivity index is 3.07. The predicted molar refractivity (Wildman–Crippen MR) is 57.3 cm³/mol. The summed E-state index contributed by atoms with van der Waals surface area (Å²) in [7, 11) is 1.21. The summed E-state index contributed by atoms with van der Waals surface area (Å²) in [4.78, 5) is 21.5. The molecule has 1 rings (SSSR count). The van der Waals surface area contributed by atoms with Crippen molar-refractivity contribution in [1.82, 2.24) is 0 Å². The van der Waals surface area contributed by atoms with Crippen molar-refractivity contribution in [3.8, 4) is 11.8 Å². The number of carbonyl (C=O) groups excluding carboxylic acids is 1. The van der Waals surface area contributed by atoms with Crippen LogP contribution in [0.25, 0.3) is 0 Å². The molecule has 5 heteroatoms. The zero-order chi connectivity index (χ0) is 12.1. The summed E-state index contributed by atoms with van der Waals surface area (Å²) < 4.78 is 4.32. The third-order valence-electron chi connectivity index (χ3n) is 1.69.